The van der Waals surface area contributed by atoms with Crippen LogP contribution in [0.3, 0.4) is 0 Å². The van der Waals surface area contributed by atoms with Crippen molar-refractivity contribution in [3.8, 4) is 0 Å². The minimum absolute atomic E-state index is 0.777. The van der Waals surface area contributed by atoms with Gasteiger partial charge in [-0.3, -0.25) is 4.57 Å². The Bertz CT molecular complexity index is 190. The molecule has 1 aliphatic rings. The molecule has 10 heavy (non-hydrogen) atoms. The summed E-state index contributed by atoms with van der Waals surface area (Å²) in [6.45, 7) is 1.42. The van der Waals surface area contributed by atoms with Crippen molar-refractivity contribution < 1.29 is 9.46 Å². The Morgan fingerprint density at radius 3 is 2.60 bits per heavy atom. The van der Waals surface area contributed by atoms with Crippen LogP contribution in [-0.2, 0) is 4.57 Å². The second kappa shape index (κ2) is 2.89. The van der Waals surface area contributed by atoms with Crippen LogP contribution in [0.2, 0.25) is 0 Å². The molecule has 0 heterocycles. The Labute approximate surface area is 61.4 Å². The Morgan fingerprint density at radius 2 is 2.30 bits per heavy atom. The molecular formula is C7H13O2P. The maximum Gasteiger partial charge on any atom is 0.222 e. The Morgan fingerprint density at radius 1 is 1.60 bits per heavy atom. The molecule has 1 rings (SSSR count). The first-order valence-electron chi connectivity index (χ1n) is 3.60. The number of rotatable bonds is 1. The van der Waals surface area contributed by atoms with Gasteiger partial charge >= 0.3 is 0 Å². The summed E-state index contributed by atoms with van der Waals surface area (Å²) < 4.78 is 11.1. The third-order valence-corrected chi connectivity index (χ3v) is 3.27. The topological polar surface area (TPSA) is 37.3 Å². The first-order valence-corrected chi connectivity index (χ1v) is 5.71. The molecule has 0 saturated carbocycles. The van der Waals surface area contributed by atoms with Crippen LogP contribution < -0.4 is 0 Å². The maximum atomic E-state index is 11.1. The van der Waals surface area contributed by atoms with Crippen molar-refractivity contribution >= 4 is 7.37 Å². The molecule has 0 radical (unpaired) electrons. The van der Waals surface area contributed by atoms with Crippen LogP contribution in [0.15, 0.2) is 11.4 Å². The lowest BCUT2D eigenvalue weighted by atomic mass is 10.1. The molecular weight excluding hydrogens is 147 g/mol. The van der Waals surface area contributed by atoms with E-state index in [1.165, 1.54) is 13.1 Å². The van der Waals surface area contributed by atoms with Gasteiger partial charge in [-0.2, -0.15) is 0 Å². The summed E-state index contributed by atoms with van der Waals surface area (Å²) in [5.74, 6) is 0. The summed E-state index contributed by atoms with van der Waals surface area (Å²) in [6, 6.07) is 0. The molecule has 0 fully saturated rings. The summed E-state index contributed by atoms with van der Waals surface area (Å²) in [7, 11) is -2.88. The molecule has 0 bridgehead atoms. The van der Waals surface area contributed by atoms with Crippen molar-refractivity contribution in [1.29, 1.82) is 0 Å². The molecule has 58 valence electrons. The van der Waals surface area contributed by atoms with Crippen molar-refractivity contribution in [1.82, 2.24) is 0 Å². The lowest BCUT2D eigenvalue weighted by Crippen LogP contribution is -1.91. The predicted octanol–water partition coefficient (Wildman–Crippen LogP) is 2.34. The van der Waals surface area contributed by atoms with E-state index < -0.39 is 7.37 Å². The van der Waals surface area contributed by atoms with Gasteiger partial charge in [0.2, 0.25) is 7.37 Å². The maximum absolute atomic E-state index is 11.1. The first-order chi connectivity index (χ1) is 4.61. The minimum Gasteiger partial charge on any atom is -0.341 e. The molecule has 0 saturated heterocycles. The van der Waals surface area contributed by atoms with Gasteiger partial charge < -0.3 is 4.89 Å². The van der Waals surface area contributed by atoms with Gasteiger partial charge in [0.1, 0.15) is 0 Å². The third kappa shape index (κ3) is 1.96. The van der Waals surface area contributed by atoms with Crippen LogP contribution in [0, 0.1) is 0 Å². The molecule has 1 atom stereocenters. The summed E-state index contributed by atoms with van der Waals surface area (Å²) in [5, 5.41) is 0.777. The van der Waals surface area contributed by atoms with Crippen LogP contribution in [0.4, 0.5) is 0 Å². The molecule has 2 nitrogen and oxygen atoms in total. The molecule has 3 heteroatoms. The SMILES string of the molecule is CP(=O)(O)C1=CCCCC1. The summed E-state index contributed by atoms with van der Waals surface area (Å²) in [6.07, 6.45) is 5.97. The fourth-order valence-corrected chi connectivity index (χ4v) is 2.24. The third-order valence-electron chi connectivity index (χ3n) is 1.80. The highest BCUT2D eigenvalue weighted by Gasteiger charge is 2.18. The minimum atomic E-state index is -2.88. The van der Waals surface area contributed by atoms with Crippen molar-refractivity contribution in [2.45, 2.75) is 25.7 Å². The van der Waals surface area contributed by atoms with E-state index in [4.69, 9.17) is 4.89 Å². The molecule has 1 aliphatic carbocycles. The first kappa shape index (κ1) is 8.03. The van der Waals surface area contributed by atoms with Crippen molar-refractivity contribution in [2.75, 3.05) is 6.66 Å². The van der Waals surface area contributed by atoms with Gasteiger partial charge in [0.05, 0.1) is 0 Å². The van der Waals surface area contributed by atoms with E-state index in [1.807, 2.05) is 6.08 Å². The smallest absolute Gasteiger partial charge is 0.222 e. The predicted molar refractivity (Wildman–Crippen MR) is 42.3 cm³/mol. The lowest BCUT2D eigenvalue weighted by Gasteiger charge is -2.14. The standard InChI is InChI=1S/C7H13O2P/c1-10(8,9)7-5-3-2-4-6-7/h5H,2-4,6H2,1H3,(H,8,9). The van der Waals surface area contributed by atoms with Crippen LogP contribution in [0.1, 0.15) is 25.7 Å². The zero-order chi connectivity index (χ0) is 7.61. The summed E-state index contributed by atoms with van der Waals surface area (Å²) in [4.78, 5) is 9.13. The Kier molecular flexibility index (Phi) is 2.32. The molecule has 0 spiro atoms. The monoisotopic (exact) mass is 160 g/mol. The van der Waals surface area contributed by atoms with Gasteiger partial charge in [0, 0.05) is 12.0 Å². The molecule has 0 aromatic heterocycles. The van der Waals surface area contributed by atoms with Crippen molar-refractivity contribution in [3.05, 3.63) is 11.4 Å². The van der Waals surface area contributed by atoms with Gasteiger partial charge in [0.25, 0.3) is 0 Å². The van der Waals surface area contributed by atoms with Gasteiger partial charge in [-0.25, -0.2) is 0 Å². The van der Waals surface area contributed by atoms with Crippen LogP contribution in [0.25, 0.3) is 0 Å². The van der Waals surface area contributed by atoms with Crippen LogP contribution >= 0.6 is 7.37 Å². The van der Waals surface area contributed by atoms with E-state index in [0.29, 0.717) is 0 Å². The van der Waals surface area contributed by atoms with Crippen molar-refractivity contribution in [2.24, 2.45) is 0 Å². The zero-order valence-corrected chi connectivity index (χ0v) is 7.10. The second-order valence-corrected chi connectivity index (χ2v) is 5.15. The van der Waals surface area contributed by atoms with E-state index in [1.54, 1.807) is 0 Å². The highest BCUT2D eigenvalue weighted by Crippen LogP contribution is 2.49. The van der Waals surface area contributed by atoms with Gasteiger partial charge in [-0.1, -0.05) is 6.08 Å². The number of hydrogen-bond acceptors (Lipinski definition) is 1. The Balaban J connectivity index is 2.72. The fourth-order valence-electron chi connectivity index (χ4n) is 1.20. The lowest BCUT2D eigenvalue weighted by molar-refractivity contribution is 0.488. The van der Waals surface area contributed by atoms with Gasteiger partial charge in [-0.15, -0.1) is 0 Å². The molecule has 0 aromatic carbocycles. The quantitative estimate of drug-likeness (QED) is 0.598. The summed E-state index contributed by atoms with van der Waals surface area (Å²) in [5.41, 5.74) is 0. The summed E-state index contributed by atoms with van der Waals surface area (Å²) >= 11 is 0. The van der Waals surface area contributed by atoms with Gasteiger partial charge in [-0.05, 0) is 25.7 Å². The van der Waals surface area contributed by atoms with E-state index in [9.17, 15) is 4.57 Å². The normalized spacial score (nSPS) is 25.2. The van der Waals surface area contributed by atoms with E-state index in [2.05, 4.69) is 0 Å². The van der Waals surface area contributed by atoms with Crippen LogP contribution in [0.5, 0.6) is 0 Å². The molecule has 0 aliphatic heterocycles. The zero-order valence-electron chi connectivity index (χ0n) is 6.21. The average Bonchev–Trinajstić information content (AvgIpc) is 1.88. The molecule has 0 amide bonds. The number of hydrogen-bond donors (Lipinski definition) is 1. The van der Waals surface area contributed by atoms with E-state index in [-0.39, 0.29) is 0 Å². The van der Waals surface area contributed by atoms with Crippen molar-refractivity contribution in [3.63, 3.8) is 0 Å². The Hall–Kier alpha value is -0.0700. The van der Waals surface area contributed by atoms with Gasteiger partial charge in [0.15, 0.2) is 0 Å². The number of allylic oxidation sites excluding steroid dienone is 2. The fraction of sp³-hybridized carbons (Fsp3) is 0.714. The second-order valence-electron chi connectivity index (χ2n) is 2.82. The van der Waals surface area contributed by atoms with Crippen LogP contribution in [-0.4, -0.2) is 11.6 Å². The molecule has 1 N–H and O–H groups in total. The average molecular weight is 160 g/mol. The van der Waals surface area contributed by atoms with E-state index >= 15 is 0 Å². The highest BCUT2D eigenvalue weighted by atomic mass is 31.2. The van der Waals surface area contributed by atoms with E-state index in [0.717, 1.165) is 24.6 Å². The molecule has 1 unspecified atom stereocenters. The molecule has 0 aromatic rings. The largest absolute Gasteiger partial charge is 0.341 e. The highest BCUT2D eigenvalue weighted by molar-refractivity contribution is 7.61.